The lowest BCUT2D eigenvalue weighted by Gasteiger charge is -2.00. The van der Waals surface area contributed by atoms with Gasteiger partial charge in [0, 0.05) is 24.6 Å². The molecule has 1 aromatic rings. The summed E-state index contributed by atoms with van der Waals surface area (Å²) in [4.78, 5) is 32.0. The van der Waals surface area contributed by atoms with Gasteiger partial charge >= 0.3 is 11.9 Å². The van der Waals surface area contributed by atoms with Crippen LogP contribution < -0.4 is 0 Å². The third-order valence-electron chi connectivity index (χ3n) is 2.02. The van der Waals surface area contributed by atoms with Gasteiger partial charge in [0.1, 0.15) is 0 Å². The molecule has 0 heterocycles. The number of carbonyl (C=O) groups is 2. The molecule has 6 heteroatoms. The topological polar surface area (TPSA) is 86.5 Å². The van der Waals surface area contributed by atoms with Gasteiger partial charge in [-0.3, -0.25) is 14.9 Å². The molecule has 0 amide bonds. The zero-order valence-electron chi connectivity index (χ0n) is 9.88. The maximum absolute atomic E-state index is 11.3. The molecule has 0 aromatic heterocycles. The molecule has 1 rings (SSSR count). The second kappa shape index (κ2) is 5.72. The molecule has 0 atom stereocenters. The Balaban J connectivity index is 2.94. The van der Waals surface area contributed by atoms with E-state index < -0.39 is 16.9 Å². The van der Waals surface area contributed by atoms with Gasteiger partial charge in [-0.25, -0.2) is 4.79 Å². The molecule has 0 fully saturated rings. The monoisotopic (exact) mass is 249 g/mol. The lowest BCUT2D eigenvalue weighted by atomic mass is 10.1. The van der Waals surface area contributed by atoms with E-state index in [0.29, 0.717) is 5.56 Å². The van der Waals surface area contributed by atoms with Crippen LogP contribution in [0.15, 0.2) is 29.8 Å². The summed E-state index contributed by atoms with van der Waals surface area (Å²) in [7, 11) is 0. The van der Waals surface area contributed by atoms with Gasteiger partial charge in [0.25, 0.3) is 5.69 Å². The minimum Gasteiger partial charge on any atom is -0.390 e. The van der Waals surface area contributed by atoms with Crippen LogP contribution in [-0.4, -0.2) is 16.9 Å². The Morgan fingerprint density at radius 2 is 2.00 bits per heavy atom. The van der Waals surface area contributed by atoms with E-state index in [1.165, 1.54) is 31.2 Å². The number of non-ortho nitro benzene ring substituents is 1. The van der Waals surface area contributed by atoms with E-state index >= 15 is 0 Å². The standard InChI is InChI=1S/C12H11NO5/c1-8(12(15)18-9(2)14)6-10-4-3-5-11(7-10)13(16)17/h3-7H,1-2H3. The molecule has 1 aromatic carbocycles. The highest BCUT2D eigenvalue weighted by atomic mass is 16.6. The number of nitrogens with zero attached hydrogens (tertiary/aromatic N) is 1. The Bertz CT molecular complexity index is 533. The molecule has 0 bridgehead atoms. The van der Waals surface area contributed by atoms with Crippen LogP contribution in [0.4, 0.5) is 5.69 Å². The minimum atomic E-state index is -0.769. The fraction of sp³-hybridized carbons (Fsp3) is 0.167. The summed E-state index contributed by atoms with van der Waals surface area (Å²) in [5, 5.41) is 10.6. The summed E-state index contributed by atoms with van der Waals surface area (Å²) in [6.07, 6.45) is 1.41. The van der Waals surface area contributed by atoms with Crippen molar-refractivity contribution in [3.05, 3.63) is 45.5 Å². The van der Waals surface area contributed by atoms with E-state index in [0.717, 1.165) is 6.92 Å². The highest BCUT2D eigenvalue weighted by Gasteiger charge is 2.10. The van der Waals surface area contributed by atoms with Gasteiger partial charge in [0.15, 0.2) is 0 Å². The van der Waals surface area contributed by atoms with E-state index in [-0.39, 0.29) is 11.3 Å². The third kappa shape index (κ3) is 3.82. The minimum absolute atomic E-state index is 0.0727. The molecule has 0 saturated carbocycles. The maximum atomic E-state index is 11.3. The van der Waals surface area contributed by atoms with Crippen LogP contribution >= 0.6 is 0 Å². The maximum Gasteiger partial charge on any atom is 0.341 e. The number of benzene rings is 1. The number of rotatable bonds is 3. The van der Waals surface area contributed by atoms with Gasteiger partial charge in [0.05, 0.1) is 4.92 Å². The Labute approximate surface area is 103 Å². The predicted molar refractivity (Wildman–Crippen MR) is 63.5 cm³/mol. The molecule has 0 aliphatic rings. The molecule has 0 N–H and O–H groups in total. The quantitative estimate of drug-likeness (QED) is 0.269. The van der Waals surface area contributed by atoms with Crippen molar-refractivity contribution in [1.29, 1.82) is 0 Å². The molecule has 0 spiro atoms. The molecular formula is C12H11NO5. The van der Waals surface area contributed by atoms with E-state index in [1.807, 2.05) is 0 Å². The van der Waals surface area contributed by atoms with Crippen LogP contribution in [0.5, 0.6) is 0 Å². The van der Waals surface area contributed by atoms with Gasteiger partial charge in [-0.15, -0.1) is 0 Å². The summed E-state index contributed by atoms with van der Waals surface area (Å²) < 4.78 is 4.38. The number of esters is 2. The average Bonchev–Trinajstić information content (AvgIpc) is 2.28. The van der Waals surface area contributed by atoms with Crippen molar-refractivity contribution in [2.45, 2.75) is 13.8 Å². The summed E-state index contributed by atoms with van der Waals surface area (Å²) in [6, 6.07) is 5.79. The molecule has 6 nitrogen and oxygen atoms in total. The number of carbonyl (C=O) groups excluding carboxylic acids is 2. The Kier molecular flexibility index (Phi) is 4.31. The summed E-state index contributed by atoms with van der Waals surface area (Å²) in [6.45, 7) is 2.59. The number of nitro groups is 1. The van der Waals surface area contributed by atoms with Crippen molar-refractivity contribution in [2.24, 2.45) is 0 Å². The molecule has 0 aliphatic carbocycles. The largest absolute Gasteiger partial charge is 0.390 e. The molecule has 0 aliphatic heterocycles. The summed E-state index contributed by atoms with van der Waals surface area (Å²) in [5.74, 6) is -1.47. The van der Waals surface area contributed by atoms with Crippen molar-refractivity contribution in [1.82, 2.24) is 0 Å². The first-order chi connectivity index (χ1) is 8.40. The zero-order chi connectivity index (χ0) is 13.7. The SMILES string of the molecule is CC(=O)OC(=O)C(C)=Cc1cccc([N+](=O)[O-])c1. The highest BCUT2D eigenvalue weighted by molar-refractivity contribution is 5.98. The molecule has 18 heavy (non-hydrogen) atoms. The average molecular weight is 249 g/mol. The van der Waals surface area contributed by atoms with Gasteiger partial charge in [-0.05, 0) is 18.6 Å². The van der Waals surface area contributed by atoms with E-state index in [4.69, 9.17) is 0 Å². The van der Waals surface area contributed by atoms with Crippen molar-refractivity contribution < 1.29 is 19.2 Å². The van der Waals surface area contributed by atoms with Crippen molar-refractivity contribution >= 4 is 23.7 Å². The van der Waals surface area contributed by atoms with Crippen LogP contribution in [0.3, 0.4) is 0 Å². The number of hydrogen-bond donors (Lipinski definition) is 0. The first-order valence-corrected chi connectivity index (χ1v) is 5.05. The van der Waals surface area contributed by atoms with Gasteiger partial charge in [-0.2, -0.15) is 0 Å². The third-order valence-corrected chi connectivity index (χ3v) is 2.02. The second-order valence-corrected chi connectivity index (χ2v) is 3.56. The first kappa shape index (κ1) is 13.6. The lowest BCUT2D eigenvalue weighted by molar-refractivity contribution is -0.384. The normalized spacial score (nSPS) is 10.9. The predicted octanol–water partition coefficient (Wildman–Crippen LogP) is 2.09. The lowest BCUT2D eigenvalue weighted by Crippen LogP contribution is -2.09. The van der Waals surface area contributed by atoms with Crippen LogP contribution in [0.1, 0.15) is 19.4 Å². The van der Waals surface area contributed by atoms with E-state index in [1.54, 1.807) is 6.07 Å². The Morgan fingerprint density at radius 1 is 1.33 bits per heavy atom. The van der Waals surface area contributed by atoms with Gasteiger partial charge < -0.3 is 4.74 Å². The van der Waals surface area contributed by atoms with Crippen molar-refractivity contribution in [2.75, 3.05) is 0 Å². The number of hydrogen-bond acceptors (Lipinski definition) is 5. The fourth-order valence-electron chi connectivity index (χ4n) is 1.25. The van der Waals surface area contributed by atoms with Crippen LogP contribution in [0, 0.1) is 10.1 Å². The Hall–Kier alpha value is -2.50. The number of ether oxygens (including phenoxy) is 1. The highest BCUT2D eigenvalue weighted by Crippen LogP contribution is 2.16. The van der Waals surface area contributed by atoms with E-state index in [9.17, 15) is 19.7 Å². The molecule has 0 saturated heterocycles. The van der Waals surface area contributed by atoms with Crippen LogP contribution in [-0.2, 0) is 14.3 Å². The molecular weight excluding hydrogens is 238 g/mol. The first-order valence-electron chi connectivity index (χ1n) is 5.05. The smallest absolute Gasteiger partial charge is 0.341 e. The van der Waals surface area contributed by atoms with E-state index in [2.05, 4.69) is 4.74 Å². The van der Waals surface area contributed by atoms with Gasteiger partial charge in [0.2, 0.25) is 0 Å². The second-order valence-electron chi connectivity index (χ2n) is 3.56. The summed E-state index contributed by atoms with van der Waals surface area (Å²) in [5.41, 5.74) is 0.601. The molecule has 0 radical (unpaired) electrons. The zero-order valence-corrected chi connectivity index (χ0v) is 9.88. The van der Waals surface area contributed by atoms with Crippen molar-refractivity contribution in [3.8, 4) is 0 Å². The summed E-state index contributed by atoms with van der Waals surface area (Å²) >= 11 is 0. The molecule has 0 unspecified atom stereocenters. The van der Waals surface area contributed by atoms with Crippen molar-refractivity contribution in [3.63, 3.8) is 0 Å². The molecule has 94 valence electrons. The fourth-order valence-corrected chi connectivity index (χ4v) is 1.25. The van der Waals surface area contributed by atoms with Crippen LogP contribution in [0.25, 0.3) is 6.08 Å². The van der Waals surface area contributed by atoms with Crippen LogP contribution in [0.2, 0.25) is 0 Å². The Morgan fingerprint density at radius 3 is 2.56 bits per heavy atom. The van der Waals surface area contributed by atoms with Gasteiger partial charge in [-0.1, -0.05) is 12.1 Å². The number of nitro benzene ring substituents is 1.